The summed E-state index contributed by atoms with van der Waals surface area (Å²) in [4.78, 5) is 2.58. The number of hydrogen-bond acceptors (Lipinski definition) is 4. The Hall–Kier alpha value is -0.160. The second kappa shape index (κ2) is 5.45. The molecule has 0 amide bonds. The molecule has 1 saturated carbocycles. The molecule has 1 saturated heterocycles. The Kier molecular flexibility index (Phi) is 4.19. The normalized spacial score (nSPS) is 31.5. The molecule has 3 unspecified atom stereocenters. The number of ether oxygens (including phenoxy) is 2. The average Bonchev–Trinajstić information content (AvgIpc) is 2.93. The fourth-order valence-electron chi connectivity index (χ4n) is 3.29. The van der Waals surface area contributed by atoms with E-state index in [2.05, 4.69) is 4.90 Å². The number of hydrogen-bond donors (Lipinski definition) is 1. The van der Waals surface area contributed by atoms with E-state index in [-0.39, 0.29) is 6.29 Å². The van der Waals surface area contributed by atoms with Crippen LogP contribution in [0.15, 0.2) is 0 Å². The SMILES string of the molecule is COC(CC(CN)N1CC2CCC1C2)OC. The molecular formula is C12H24N2O2. The zero-order valence-electron chi connectivity index (χ0n) is 10.4. The van der Waals surface area contributed by atoms with Crippen molar-refractivity contribution in [3.05, 3.63) is 0 Å². The average molecular weight is 228 g/mol. The first kappa shape index (κ1) is 12.3. The van der Waals surface area contributed by atoms with Gasteiger partial charge in [0.05, 0.1) is 0 Å². The summed E-state index contributed by atoms with van der Waals surface area (Å²) in [5, 5.41) is 0. The van der Waals surface area contributed by atoms with Gasteiger partial charge in [-0.2, -0.15) is 0 Å². The Morgan fingerprint density at radius 3 is 2.50 bits per heavy atom. The Bertz CT molecular complexity index is 221. The van der Waals surface area contributed by atoms with E-state index < -0.39 is 0 Å². The largest absolute Gasteiger partial charge is 0.356 e. The highest BCUT2D eigenvalue weighted by molar-refractivity contribution is 4.95. The Labute approximate surface area is 98.1 Å². The van der Waals surface area contributed by atoms with Gasteiger partial charge in [-0.05, 0) is 25.2 Å². The molecule has 0 aromatic rings. The van der Waals surface area contributed by atoms with Gasteiger partial charge in [-0.15, -0.1) is 0 Å². The third-order valence-electron chi connectivity index (χ3n) is 4.18. The van der Waals surface area contributed by atoms with Gasteiger partial charge in [0.2, 0.25) is 0 Å². The maximum absolute atomic E-state index is 5.89. The van der Waals surface area contributed by atoms with Crippen LogP contribution in [0.25, 0.3) is 0 Å². The van der Waals surface area contributed by atoms with Crippen molar-refractivity contribution in [2.24, 2.45) is 11.7 Å². The molecule has 0 spiro atoms. The number of nitrogens with two attached hydrogens (primary N) is 1. The summed E-state index contributed by atoms with van der Waals surface area (Å²) in [6, 6.07) is 1.19. The van der Waals surface area contributed by atoms with Crippen LogP contribution < -0.4 is 5.73 Å². The molecule has 4 heteroatoms. The minimum absolute atomic E-state index is 0.118. The van der Waals surface area contributed by atoms with E-state index in [0.29, 0.717) is 12.6 Å². The van der Waals surface area contributed by atoms with Crippen LogP contribution in [0.5, 0.6) is 0 Å². The lowest BCUT2D eigenvalue weighted by molar-refractivity contribution is -0.117. The maximum atomic E-state index is 5.89. The molecule has 0 aromatic carbocycles. The second-order valence-corrected chi connectivity index (χ2v) is 5.06. The van der Waals surface area contributed by atoms with Gasteiger partial charge in [0, 0.05) is 45.8 Å². The molecule has 4 nitrogen and oxygen atoms in total. The van der Waals surface area contributed by atoms with Crippen molar-refractivity contribution in [3.8, 4) is 0 Å². The summed E-state index contributed by atoms with van der Waals surface area (Å²) in [7, 11) is 3.38. The van der Waals surface area contributed by atoms with E-state index in [1.165, 1.54) is 25.8 Å². The van der Waals surface area contributed by atoms with Gasteiger partial charge in [-0.1, -0.05) is 0 Å². The van der Waals surface area contributed by atoms with Gasteiger partial charge in [-0.25, -0.2) is 0 Å². The molecule has 2 rings (SSSR count). The molecule has 16 heavy (non-hydrogen) atoms. The number of nitrogens with zero attached hydrogens (tertiary/aromatic N) is 1. The molecule has 2 fully saturated rings. The second-order valence-electron chi connectivity index (χ2n) is 5.06. The van der Waals surface area contributed by atoms with E-state index in [1.54, 1.807) is 14.2 Å². The molecule has 2 N–H and O–H groups in total. The number of methoxy groups -OCH3 is 2. The van der Waals surface area contributed by atoms with Crippen LogP contribution in [0.1, 0.15) is 25.7 Å². The number of piperidine rings is 1. The highest BCUT2D eigenvalue weighted by Gasteiger charge is 2.40. The van der Waals surface area contributed by atoms with E-state index >= 15 is 0 Å². The van der Waals surface area contributed by atoms with Crippen molar-refractivity contribution in [2.75, 3.05) is 27.3 Å². The fourth-order valence-corrected chi connectivity index (χ4v) is 3.29. The van der Waals surface area contributed by atoms with E-state index in [1.807, 2.05) is 0 Å². The zero-order chi connectivity index (χ0) is 11.5. The quantitative estimate of drug-likeness (QED) is 0.683. The van der Waals surface area contributed by atoms with Crippen LogP contribution in [0.2, 0.25) is 0 Å². The summed E-state index contributed by atoms with van der Waals surface area (Å²) >= 11 is 0. The lowest BCUT2D eigenvalue weighted by Gasteiger charge is -2.35. The molecule has 3 atom stereocenters. The molecule has 2 aliphatic rings. The standard InChI is InChI=1S/C12H24N2O2/c1-15-12(16-2)6-11(7-13)14-8-9-3-4-10(14)5-9/h9-12H,3-8,13H2,1-2H3. The molecule has 1 heterocycles. The first-order valence-electron chi connectivity index (χ1n) is 6.29. The molecule has 2 bridgehead atoms. The molecule has 0 aromatic heterocycles. The third kappa shape index (κ3) is 2.40. The Morgan fingerprint density at radius 2 is 2.06 bits per heavy atom. The van der Waals surface area contributed by atoms with Gasteiger partial charge >= 0.3 is 0 Å². The summed E-state index contributed by atoms with van der Waals surface area (Å²) in [6.45, 7) is 1.93. The number of likely N-dealkylation sites (tertiary alicyclic amines) is 1. The summed E-state index contributed by atoms with van der Waals surface area (Å²) in [5.74, 6) is 0.919. The maximum Gasteiger partial charge on any atom is 0.158 e. The van der Waals surface area contributed by atoms with Crippen LogP contribution in [0, 0.1) is 5.92 Å². The van der Waals surface area contributed by atoms with Gasteiger partial charge in [0.15, 0.2) is 6.29 Å². The topological polar surface area (TPSA) is 47.7 Å². The van der Waals surface area contributed by atoms with Crippen LogP contribution in [-0.4, -0.2) is 50.6 Å². The van der Waals surface area contributed by atoms with Crippen molar-refractivity contribution in [1.82, 2.24) is 4.90 Å². The summed E-state index contributed by atoms with van der Waals surface area (Å²) in [6.07, 6.45) is 4.91. The number of fused-ring (bicyclic) bond motifs is 2. The lowest BCUT2D eigenvalue weighted by atomic mass is 10.1. The van der Waals surface area contributed by atoms with Gasteiger partial charge in [-0.3, -0.25) is 4.90 Å². The first-order chi connectivity index (χ1) is 7.78. The summed E-state index contributed by atoms with van der Waals surface area (Å²) in [5.41, 5.74) is 5.89. The highest BCUT2D eigenvalue weighted by Crippen LogP contribution is 2.39. The van der Waals surface area contributed by atoms with Gasteiger partial charge in [0.25, 0.3) is 0 Å². The van der Waals surface area contributed by atoms with Crippen molar-refractivity contribution in [3.63, 3.8) is 0 Å². The van der Waals surface area contributed by atoms with Crippen LogP contribution in [0.3, 0.4) is 0 Å². The fraction of sp³-hybridized carbons (Fsp3) is 1.00. The van der Waals surface area contributed by atoms with Crippen molar-refractivity contribution >= 4 is 0 Å². The smallest absolute Gasteiger partial charge is 0.158 e. The van der Waals surface area contributed by atoms with E-state index in [9.17, 15) is 0 Å². The first-order valence-corrected chi connectivity index (χ1v) is 6.29. The predicted octanol–water partition coefficient (Wildman–Crippen LogP) is 0.807. The van der Waals surface area contributed by atoms with Crippen molar-refractivity contribution < 1.29 is 9.47 Å². The molecule has 1 aliphatic heterocycles. The molecule has 0 radical (unpaired) electrons. The van der Waals surface area contributed by atoms with Crippen LogP contribution in [-0.2, 0) is 9.47 Å². The van der Waals surface area contributed by atoms with Gasteiger partial charge < -0.3 is 15.2 Å². The number of rotatable bonds is 6. The Morgan fingerprint density at radius 1 is 1.31 bits per heavy atom. The van der Waals surface area contributed by atoms with E-state index in [0.717, 1.165) is 18.4 Å². The van der Waals surface area contributed by atoms with Gasteiger partial charge in [0.1, 0.15) is 0 Å². The highest BCUT2D eigenvalue weighted by atomic mass is 16.7. The molecular weight excluding hydrogens is 204 g/mol. The van der Waals surface area contributed by atoms with Crippen molar-refractivity contribution in [2.45, 2.75) is 44.1 Å². The predicted molar refractivity (Wildman–Crippen MR) is 63.1 cm³/mol. The molecule has 94 valence electrons. The lowest BCUT2D eigenvalue weighted by Crippen LogP contribution is -2.47. The zero-order valence-corrected chi connectivity index (χ0v) is 10.4. The van der Waals surface area contributed by atoms with Crippen molar-refractivity contribution in [1.29, 1.82) is 0 Å². The molecule has 1 aliphatic carbocycles. The van der Waals surface area contributed by atoms with Crippen LogP contribution in [0.4, 0.5) is 0 Å². The van der Waals surface area contributed by atoms with E-state index in [4.69, 9.17) is 15.2 Å². The third-order valence-corrected chi connectivity index (χ3v) is 4.18. The monoisotopic (exact) mass is 228 g/mol. The Balaban J connectivity index is 1.89. The minimum Gasteiger partial charge on any atom is -0.356 e. The summed E-state index contributed by atoms with van der Waals surface area (Å²) < 4.78 is 10.5. The minimum atomic E-state index is -0.118. The van der Waals surface area contributed by atoms with Crippen LogP contribution >= 0.6 is 0 Å².